The third-order valence-corrected chi connectivity index (χ3v) is 6.75. The van der Waals surface area contributed by atoms with Gasteiger partial charge in [0, 0.05) is 19.7 Å². The summed E-state index contributed by atoms with van der Waals surface area (Å²) in [5.74, 6) is 0. The van der Waals surface area contributed by atoms with Crippen LogP contribution < -0.4 is 0 Å². The highest BCUT2D eigenvalue weighted by Crippen LogP contribution is 2.36. The second kappa shape index (κ2) is 5.65. The molecule has 0 amide bonds. The lowest BCUT2D eigenvalue weighted by Crippen LogP contribution is -1.97. The van der Waals surface area contributed by atoms with Crippen LogP contribution in [0.15, 0.2) is 69.6 Å². The van der Waals surface area contributed by atoms with Crippen LogP contribution in [0.1, 0.15) is 0 Å². The van der Waals surface area contributed by atoms with E-state index in [0.29, 0.717) is 0 Å². The number of rotatable bonds is 1. The van der Waals surface area contributed by atoms with E-state index < -0.39 is 0 Å². The molecular formula is C18H10Br2IN. The minimum Gasteiger partial charge on any atom is -0.308 e. The van der Waals surface area contributed by atoms with Crippen LogP contribution in [0.2, 0.25) is 0 Å². The number of halogens is 3. The van der Waals surface area contributed by atoms with Gasteiger partial charge in [0.1, 0.15) is 0 Å². The van der Waals surface area contributed by atoms with Gasteiger partial charge in [-0.1, -0.05) is 52.3 Å². The Kier molecular flexibility index (Phi) is 3.78. The smallest absolute Gasteiger partial charge is 0.0618 e. The van der Waals surface area contributed by atoms with Crippen molar-refractivity contribution in [3.8, 4) is 5.69 Å². The predicted octanol–water partition coefficient (Wildman–Crippen LogP) is 6.91. The van der Waals surface area contributed by atoms with E-state index >= 15 is 0 Å². The zero-order valence-corrected chi connectivity index (χ0v) is 16.7. The standard InChI is InChI=1S/C18H10Br2IN/c19-11-9-14(20)18(21)17(10-11)22-15-7-3-1-5-12(15)13-6-2-4-8-16(13)22/h1-10H. The molecule has 0 atom stereocenters. The molecule has 1 heterocycles. The third-order valence-electron chi connectivity index (χ3n) is 3.79. The Morgan fingerprint density at radius 1 is 0.773 bits per heavy atom. The second-order valence-corrected chi connectivity index (χ2v) is 7.94. The molecule has 0 saturated carbocycles. The highest BCUT2D eigenvalue weighted by Gasteiger charge is 2.15. The van der Waals surface area contributed by atoms with Gasteiger partial charge in [0.2, 0.25) is 0 Å². The molecule has 0 N–H and O–H groups in total. The Balaban J connectivity index is 2.23. The van der Waals surface area contributed by atoms with Gasteiger partial charge in [-0.3, -0.25) is 0 Å². The molecule has 1 aromatic heterocycles. The van der Waals surface area contributed by atoms with E-state index in [1.807, 2.05) is 0 Å². The minimum absolute atomic E-state index is 1.07. The fraction of sp³-hybridized carbons (Fsp3) is 0. The summed E-state index contributed by atoms with van der Waals surface area (Å²) in [6, 6.07) is 21.4. The minimum atomic E-state index is 1.07. The third kappa shape index (κ3) is 2.23. The van der Waals surface area contributed by atoms with Crippen molar-refractivity contribution < 1.29 is 0 Å². The summed E-state index contributed by atoms with van der Waals surface area (Å²) >= 11 is 9.67. The molecule has 0 fully saturated rings. The molecule has 0 aliphatic rings. The van der Waals surface area contributed by atoms with Crippen molar-refractivity contribution in [3.63, 3.8) is 0 Å². The van der Waals surface area contributed by atoms with Crippen molar-refractivity contribution in [1.82, 2.24) is 4.57 Å². The second-order valence-electron chi connectivity index (χ2n) is 5.09. The maximum atomic E-state index is 3.66. The number of hydrogen-bond donors (Lipinski definition) is 0. The molecule has 0 aliphatic heterocycles. The average molecular weight is 527 g/mol. The van der Waals surface area contributed by atoms with Crippen LogP contribution in [-0.4, -0.2) is 4.57 Å². The first-order valence-electron chi connectivity index (χ1n) is 6.80. The molecule has 0 saturated heterocycles. The monoisotopic (exact) mass is 525 g/mol. The fourth-order valence-electron chi connectivity index (χ4n) is 2.89. The quantitative estimate of drug-likeness (QED) is 0.187. The molecule has 1 nitrogen and oxygen atoms in total. The van der Waals surface area contributed by atoms with Crippen LogP contribution in [0.25, 0.3) is 27.5 Å². The van der Waals surface area contributed by atoms with E-state index in [2.05, 4.69) is 120 Å². The van der Waals surface area contributed by atoms with E-state index in [1.165, 1.54) is 31.1 Å². The molecule has 4 rings (SSSR count). The van der Waals surface area contributed by atoms with E-state index in [-0.39, 0.29) is 0 Å². The van der Waals surface area contributed by atoms with Gasteiger partial charge in [-0.15, -0.1) is 0 Å². The Morgan fingerprint density at radius 3 is 1.91 bits per heavy atom. The Hall–Kier alpha value is -0.850. The maximum Gasteiger partial charge on any atom is 0.0618 e. The average Bonchev–Trinajstić information content (AvgIpc) is 2.85. The van der Waals surface area contributed by atoms with Crippen LogP contribution in [0, 0.1) is 3.57 Å². The summed E-state index contributed by atoms with van der Waals surface area (Å²) in [5.41, 5.74) is 3.64. The van der Waals surface area contributed by atoms with Gasteiger partial charge in [0.15, 0.2) is 0 Å². The summed E-state index contributed by atoms with van der Waals surface area (Å²) in [6.45, 7) is 0. The van der Waals surface area contributed by atoms with Gasteiger partial charge in [0.05, 0.1) is 20.3 Å². The molecule has 3 aromatic carbocycles. The van der Waals surface area contributed by atoms with Crippen LogP contribution >= 0.6 is 54.5 Å². The van der Waals surface area contributed by atoms with Gasteiger partial charge in [0.25, 0.3) is 0 Å². The van der Waals surface area contributed by atoms with E-state index in [4.69, 9.17) is 0 Å². The molecule has 0 radical (unpaired) electrons. The zero-order valence-electron chi connectivity index (χ0n) is 11.4. The molecule has 4 heteroatoms. The van der Waals surface area contributed by atoms with Crippen molar-refractivity contribution in [3.05, 3.63) is 73.2 Å². The first-order chi connectivity index (χ1) is 10.7. The first-order valence-corrected chi connectivity index (χ1v) is 9.46. The van der Waals surface area contributed by atoms with Crippen LogP contribution in [0.5, 0.6) is 0 Å². The largest absolute Gasteiger partial charge is 0.308 e. The fourth-order valence-corrected chi connectivity index (χ4v) is 4.64. The zero-order chi connectivity index (χ0) is 15.3. The number of nitrogens with zero attached hydrogens (tertiary/aromatic N) is 1. The van der Waals surface area contributed by atoms with Crippen LogP contribution in [0.4, 0.5) is 0 Å². The summed E-state index contributed by atoms with van der Waals surface area (Å²) in [6.07, 6.45) is 0. The van der Waals surface area contributed by atoms with E-state index in [9.17, 15) is 0 Å². The van der Waals surface area contributed by atoms with Gasteiger partial charge in [-0.05, 0) is 62.8 Å². The molecule has 108 valence electrons. The van der Waals surface area contributed by atoms with Gasteiger partial charge in [-0.25, -0.2) is 0 Å². The topological polar surface area (TPSA) is 4.93 Å². The van der Waals surface area contributed by atoms with Crippen molar-refractivity contribution in [2.75, 3.05) is 0 Å². The Morgan fingerprint density at radius 2 is 1.32 bits per heavy atom. The lowest BCUT2D eigenvalue weighted by atomic mass is 10.2. The molecule has 4 aromatic rings. The van der Waals surface area contributed by atoms with E-state index in [1.54, 1.807) is 0 Å². The van der Waals surface area contributed by atoms with Gasteiger partial charge >= 0.3 is 0 Å². The summed E-state index contributed by atoms with van der Waals surface area (Å²) in [4.78, 5) is 0. The highest BCUT2D eigenvalue weighted by molar-refractivity contribution is 14.1. The van der Waals surface area contributed by atoms with Crippen molar-refractivity contribution in [2.24, 2.45) is 0 Å². The molecule has 0 unspecified atom stereocenters. The normalized spacial score (nSPS) is 11.4. The number of benzene rings is 3. The lowest BCUT2D eigenvalue weighted by Gasteiger charge is -2.12. The van der Waals surface area contributed by atoms with Gasteiger partial charge in [-0.2, -0.15) is 0 Å². The SMILES string of the molecule is Brc1cc(Br)c(I)c(-n2c3ccccc3c3ccccc32)c1. The van der Waals surface area contributed by atoms with Crippen LogP contribution in [-0.2, 0) is 0 Å². The first kappa shape index (κ1) is 14.7. The summed E-state index contributed by atoms with van der Waals surface area (Å²) in [7, 11) is 0. The van der Waals surface area contributed by atoms with Crippen molar-refractivity contribution in [1.29, 1.82) is 0 Å². The molecule has 0 aliphatic carbocycles. The highest BCUT2D eigenvalue weighted by atomic mass is 127. The molecule has 0 bridgehead atoms. The number of hydrogen-bond acceptors (Lipinski definition) is 0. The Labute approximate surface area is 158 Å². The number of para-hydroxylation sites is 2. The molecule has 22 heavy (non-hydrogen) atoms. The molecule has 0 spiro atoms. The van der Waals surface area contributed by atoms with Crippen LogP contribution in [0.3, 0.4) is 0 Å². The van der Waals surface area contributed by atoms with E-state index in [0.717, 1.165) is 8.95 Å². The maximum absolute atomic E-state index is 3.66. The molecular weight excluding hydrogens is 517 g/mol. The van der Waals surface area contributed by atoms with Crippen molar-refractivity contribution >= 4 is 76.3 Å². The predicted molar refractivity (Wildman–Crippen MR) is 109 cm³/mol. The number of aromatic nitrogens is 1. The summed E-state index contributed by atoms with van der Waals surface area (Å²) < 4.78 is 5.70. The van der Waals surface area contributed by atoms with Crippen molar-refractivity contribution in [2.45, 2.75) is 0 Å². The Bertz CT molecular complexity index is 967. The van der Waals surface area contributed by atoms with Gasteiger partial charge < -0.3 is 4.57 Å². The lowest BCUT2D eigenvalue weighted by molar-refractivity contribution is 1.16. The number of fused-ring (bicyclic) bond motifs is 3. The summed E-state index contributed by atoms with van der Waals surface area (Å²) in [5, 5.41) is 2.56.